The third-order valence-electron chi connectivity index (χ3n) is 4.43. The van der Waals surface area contributed by atoms with Crippen molar-refractivity contribution in [3.63, 3.8) is 0 Å². The molecular formula is C20H31BN2O2. The molecule has 136 valence electrons. The molecule has 1 N–H and O–H groups in total. The maximum Gasteiger partial charge on any atom is 0.407 e. The topological polar surface area (TPSA) is 41.6 Å². The zero-order valence-corrected chi connectivity index (χ0v) is 15.9. The van der Waals surface area contributed by atoms with Crippen LogP contribution in [-0.2, 0) is 11.2 Å². The molecule has 0 spiro atoms. The summed E-state index contributed by atoms with van der Waals surface area (Å²) < 4.78 is 5.43. The molecule has 1 aliphatic heterocycles. The minimum Gasteiger partial charge on any atom is -0.444 e. The van der Waals surface area contributed by atoms with Crippen LogP contribution < -0.4 is 10.8 Å². The van der Waals surface area contributed by atoms with Gasteiger partial charge in [0.2, 0.25) is 0 Å². The lowest BCUT2D eigenvalue weighted by atomic mass is 9.93. The molecule has 0 unspecified atom stereocenters. The van der Waals surface area contributed by atoms with Crippen molar-refractivity contribution in [3.05, 3.63) is 29.8 Å². The van der Waals surface area contributed by atoms with E-state index in [4.69, 9.17) is 12.6 Å². The Balaban J connectivity index is 1.93. The van der Waals surface area contributed by atoms with Crippen LogP contribution in [0.5, 0.6) is 0 Å². The van der Waals surface area contributed by atoms with Gasteiger partial charge in [-0.1, -0.05) is 36.1 Å². The Bertz CT molecular complexity index is 534. The Morgan fingerprint density at radius 3 is 2.44 bits per heavy atom. The standard InChI is InChI=1S/C20H31BN2O2/c1-20(2,3)25-19(24)22-18(11-14-23-12-5-4-6-13-23)15-16-7-9-17(21)10-8-16/h7-10,18H,4-6,11-15H2,1-3H3,(H,22,24)/t18-/m0/s1. The molecular weight excluding hydrogens is 311 g/mol. The maximum absolute atomic E-state index is 12.2. The number of rotatable bonds is 6. The summed E-state index contributed by atoms with van der Waals surface area (Å²) in [6.45, 7) is 9.00. The summed E-state index contributed by atoms with van der Waals surface area (Å²) in [5.74, 6) is 0. The highest BCUT2D eigenvalue weighted by Gasteiger charge is 2.21. The Kier molecular flexibility index (Phi) is 7.36. The van der Waals surface area contributed by atoms with Gasteiger partial charge in [-0.3, -0.25) is 0 Å². The van der Waals surface area contributed by atoms with Crippen molar-refractivity contribution < 1.29 is 9.53 Å². The van der Waals surface area contributed by atoms with Crippen LogP contribution in [0.2, 0.25) is 0 Å². The minimum atomic E-state index is -0.483. The minimum absolute atomic E-state index is 0.0559. The lowest BCUT2D eigenvalue weighted by molar-refractivity contribution is 0.0497. The van der Waals surface area contributed by atoms with Crippen molar-refractivity contribution in [1.29, 1.82) is 0 Å². The summed E-state index contributed by atoms with van der Waals surface area (Å²) in [4.78, 5) is 14.7. The molecule has 1 amide bonds. The molecule has 1 fully saturated rings. The van der Waals surface area contributed by atoms with Crippen molar-refractivity contribution in [1.82, 2.24) is 10.2 Å². The second kappa shape index (κ2) is 9.28. The zero-order chi connectivity index (χ0) is 18.3. The van der Waals surface area contributed by atoms with E-state index in [-0.39, 0.29) is 12.1 Å². The van der Waals surface area contributed by atoms with Gasteiger partial charge in [-0.05, 0) is 65.1 Å². The maximum atomic E-state index is 12.2. The molecule has 5 heteroatoms. The van der Waals surface area contributed by atoms with Crippen molar-refractivity contribution in [2.75, 3.05) is 19.6 Å². The molecule has 0 saturated carbocycles. The normalized spacial score (nSPS) is 17.1. The van der Waals surface area contributed by atoms with Crippen LogP contribution in [0.1, 0.15) is 52.0 Å². The summed E-state index contributed by atoms with van der Waals surface area (Å²) >= 11 is 0. The van der Waals surface area contributed by atoms with Gasteiger partial charge in [0.05, 0.1) is 0 Å². The van der Waals surface area contributed by atoms with Crippen LogP contribution in [0.25, 0.3) is 0 Å². The fourth-order valence-electron chi connectivity index (χ4n) is 3.16. The Morgan fingerprint density at radius 1 is 1.20 bits per heavy atom. The molecule has 1 aromatic carbocycles. The summed E-state index contributed by atoms with van der Waals surface area (Å²) in [7, 11) is 5.77. The van der Waals surface area contributed by atoms with Gasteiger partial charge in [0.25, 0.3) is 0 Å². The van der Waals surface area contributed by atoms with Gasteiger partial charge in [0, 0.05) is 12.6 Å². The second-order valence-corrected chi connectivity index (χ2v) is 7.98. The number of benzene rings is 1. The average Bonchev–Trinajstić information content (AvgIpc) is 2.54. The Labute approximate surface area is 153 Å². The highest BCUT2D eigenvalue weighted by Crippen LogP contribution is 2.13. The molecule has 2 radical (unpaired) electrons. The number of amides is 1. The third-order valence-corrected chi connectivity index (χ3v) is 4.43. The third kappa shape index (κ3) is 7.95. The predicted octanol–water partition coefficient (Wildman–Crippen LogP) is 2.79. The van der Waals surface area contributed by atoms with Crippen LogP contribution in [0, 0.1) is 0 Å². The van der Waals surface area contributed by atoms with Crippen molar-refractivity contribution >= 4 is 19.4 Å². The van der Waals surface area contributed by atoms with Crippen molar-refractivity contribution in [2.24, 2.45) is 0 Å². The predicted molar refractivity (Wildman–Crippen MR) is 104 cm³/mol. The van der Waals surface area contributed by atoms with Crippen LogP contribution >= 0.6 is 0 Å². The van der Waals surface area contributed by atoms with Crippen LogP contribution in [-0.4, -0.2) is 50.1 Å². The summed E-state index contributed by atoms with van der Waals surface area (Å²) in [6.07, 6.45) is 5.26. The van der Waals surface area contributed by atoms with E-state index in [1.807, 2.05) is 45.0 Å². The molecule has 0 aliphatic carbocycles. The zero-order valence-electron chi connectivity index (χ0n) is 15.9. The molecule has 4 nitrogen and oxygen atoms in total. The number of ether oxygens (including phenoxy) is 1. The number of alkyl carbamates (subject to hydrolysis) is 1. The monoisotopic (exact) mass is 342 g/mol. The molecule has 1 atom stereocenters. The number of hydrogen-bond donors (Lipinski definition) is 1. The fourth-order valence-corrected chi connectivity index (χ4v) is 3.16. The van der Waals surface area contributed by atoms with Gasteiger partial charge < -0.3 is 15.0 Å². The van der Waals surface area contributed by atoms with Crippen molar-refractivity contribution in [2.45, 2.75) is 64.5 Å². The van der Waals surface area contributed by atoms with E-state index in [9.17, 15) is 4.79 Å². The largest absolute Gasteiger partial charge is 0.444 e. The van der Waals surface area contributed by atoms with E-state index in [2.05, 4.69) is 10.2 Å². The number of carbonyl (C=O) groups excluding carboxylic acids is 1. The average molecular weight is 342 g/mol. The second-order valence-electron chi connectivity index (χ2n) is 7.98. The van der Waals surface area contributed by atoms with E-state index < -0.39 is 5.60 Å². The molecule has 25 heavy (non-hydrogen) atoms. The van der Waals surface area contributed by atoms with E-state index in [0.717, 1.165) is 24.8 Å². The van der Waals surface area contributed by atoms with Gasteiger partial charge in [0.1, 0.15) is 13.4 Å². The highest BCUT2D eigenvalue weighted by molar-refractivity contribution is 6.32. The van der Waals surface area contributed by atoms with Gasteiger partial charge in [-0.2, -0.15) is 0 Å². The molecule has 1 heterocycles. The molecule has 1 saturated heterocycles. The fraction of sp³-hybridized carbons (Fsp3) is 0.650. The summed E-state index contributed by atoms with van der Waals surface area (Å²) in [5, 5.41) is 3.06. The first-order valence-corrected chi connectivity index (χ1v) is 9.38. The van der Waals surface area contributed by atoms with Gasteiger partial charge in [-0.25, -0.2) is 4.79 Å². The summed E-state index contributed by atoms with van der Waals surface area (Å²) in [5.41, 5.74) is 1.45. The van der Waals surface area contributed by atoms with Gasteiger partial charge >= 0.3 is 6.09 Å². The lowest BCUT2D eigenvalue weighted by Gasteiger charge is -2.29. The smallest absolute Gasteiger partial charge is 0.407 e. The van der Waals surface area contributed by atoms with E-state index >= 15 is 0 Å². The SMILES string of the molecule is [B]c1ccc(C[C@H](CCN2CCCCC2)NC(=O)OC(C)(C)C)cc1. The number of hydrogen-bond acceptors (Lipinski definition) is 3. The number of nitrogens with one attached hydrogen (secondary N) is 1. The number of nitrogens with zero attached hydrogens (tertiary/aromatic N) is 1. The van der Waals surface area contributed by atoms with Crippen LogP contribution in [0.3, 0.4) is 0 Å². The first kappa shape index (κ1) is 19.8. The van der Waals surface area contributed by atoms with E-state index in [0.29, 0.717) is 0 Å². The quantitative estimate of drug-likeness (QED) is 0.809. The van der Waals surface area contributed by atoms with Gasteiger partial charge in [-0.15, -0.1) is 0 Å². The number of carbonyl (C=O) groups is 1. The van der Waals surface area contributed by atoms with Crippen LogP contribution in [0.15, 0.2) is 24.3 Å². The lowest BCUT2D eigenvalue weighted by Crippen LogP contribution is -2.42. The Hall–Kier alpha value is -1.49. The van der Waals surface area contributed by atoms with Crippen LogP contribution in [0.4, 0.5) is 4.79 Å². The first-order valence-electron chi connectivity index (χ1n) is 9.38. The number of piperidine rings is 1. The molecule has 0 aromatic heterocycles. The van der Waals surface area contributed by atoms with E-state index in [1.54, 1.807) is 0 Å². The van der Waals surface area contributed by atoms with Gasteiger partial charge in [0.15, 0.2) is 0 Å². The molecule has 1 aliphatic rings. The Morgan fingerprint density at radius 2 is 1.84 bits per heavy atom. The van der Waals surface area contributed by atoms with Crippen molar-refractivity contribution in [3.8, 4) is 0 Å². The summed E-state index contributed by atoms with van der Waals surface area (Å²) in [6, 6.07) is 7.93. The van der Waals surface area contributed by atoms with E-state index in [1.165, 1.54) is 37.9 Å². The highest BCUT2D eigenvalue weighted by atomic mass is 16.6. The molecule has 1 aromatic rings. The molecule has 0 bridgehead atoms. The first-order chi connectivity index (χ1) is 11.8. The number of likely N-dealkylation sites (tertiary alicyclic amines) is 1. The molecule has 2 rings (SSSR count).